The molecule has 0 heterocycles. The molecule has 0 aromatic heterocycles. The molecule has 3 aromatic carbocycles. The number of aromatic hydroxyl groups is 2. The van der Waals surface area contributed by atoms with Crippen LogP contribution in [0.5, 0.6) is 11.5 Å². The van der Waals surface area contributed by atoms with Gasteiger partial charge in [0.2, 0.25) is 0 Å². The molecule has 0 radical (unpaired) electrons. The summed E-state index contributed by atoms with van der Waals surface area (Å²) in [6.07, 6.45) is 0.846. The number of phenols is 2. The quantitative estimate of drug-likeness (QED) is 0.429. The lowest BCUT2D eigenvalue weighted by Gasteiger charge is -2.26. The van der Waals surface area contributed by atoms with E-state index in [0.29, 0.717) is 17.1 Å². The van der Waals surface area contributed by atoms with Crippen molar-refractivity contribution in [3.63, 3.8) is 0 Å². The first-order chi connectivity index (χ1) is 13.7. The fourth-order valence-corrected chi connectivity index (χ4v) is 4.09. The Morgan fingerprint density at radius 1 is 0.690 bits per heavy atom. The zero-order valence-corrected chi connectivity index (χ0v) is 17.9. The van der Waals surface area contributed by atoms with E-state index in [0.717, 1.165) is 56.4 Å². The SMILES string of the molecule is Cc1cc(C(c2ccc(C=O)cc2)c2cc(C)c(O)c(C)c2C)c(C)c(C)c1O. The molecule has 0 aliphatic carbocycles. The van der Waals surface area contributed by atoms with Crippen LogP contribution in [0.1, 0.15) is 66.3 Å². The van der Waals surface area contributed by atoms with Gasteiger partial charge in [-0.05, 0) is 91.6 Å². The maximum absolute atomic E-state index is 11.1. The van der Waals surface area contributed by atoms with Gasteiger partial charge in [0.1, 0.15) is 17.8 Å². The molecule has 0 saturated carbocycles. The number of carbonyl (C=O) groups excluding carboxylic acids is 1. The van der Waals surface area contributed by atoms with Gasteiger partial charge < -0.3 is 10.2 Å². The Kier molecular flexibility index (Phi) is 5.52. The molecule has 3 heteroatoms. The first kappa shape index (κ1) is 20.7. The number of benzene rings is 3. The molecule has 0 amide bonds. The molecule has 0 saturated heterocycles. The van der Waals surface area contributed by atoms with Gasteiger partial charge in [-0.15, -0.1) is 0 Å². The van der Waals surface area contributed by atoms with Gasteiger partial charge in [-0.2, -0.15) is 0 Å². The lowest BCUT2D eigenvalue weighted by molar-refractivity contribution is 0.112. The van der Waals surface area contributed by atoms with Crippen molar-refractivity contribution in [3.8, 4) is 11.5 Å². The Labute approximate surface area is 172 Å². The lowest BCUT2D eigenvalue weighted by atomic mass is 9.78. The summed E-state index contributed by atoms with van der Waals surface area (Å²) in [5.74, 6) is 0.582. The Bertz CT molecular complexity index is 1030. The Morgan fingerprint density at radius 2 is 1.10 bits per heavy atom. The molecule has 2 N–H and O–H groups in total. The first-order valence-corrected chi connectivity index (χ1v) is 9.81. The predicted molar refractivity (Wildman–Crippen MR) is 117 cm³/mol. The van der Waals surface area contributed by atoms with Crippen molar-refractivity contribution < 1.29 is 15.0 Å². The molecule has 0 fully saturated rings. The molecular formula is C26H28O3. The van der Waals surface area contributed by atoms with Crippen LogP contribution in [0.3, 0.4) is 0 Å². The van der Waals surface area contributed by atoms with Crippen LogP contribution >= 0.6 is 0 Å². The van der Waals surface area contributed by atoms with Crippen LogP contribution in [-0.2, 0) is 0 Å². The maximum atomic E-state index is 11.1. The highest BCUT2D eigenvalue weighted by Gasteiger charge is 2.25. The van der Waals surface area contributed by atoms with Crippen molar-refractivity contribution in [2.24, 2.45) is 0 Å². The average Bonchev–Trinajstić information content (AvgIpc) is 2.72. The largest absolute Gasteiger partial charge is 0.507 e. The second kappa shape index (κ2) is 7.75. The third-order valence-electron chi connectivity index (χ3n) is 6.22. The van der Waals surface area contributed by atoms with Crippen LogP contribution in [0.15, 0.2) is 36.4 Å². The Hall–Kier alpha value is -3.07. The summed E-state index contributed by atoms with van der Waals surface area (Å²) in [4.78, 5) is 11.1. The number of aldehydes is 1. The number of hydrogen-bond donors (Lipinski definition) is 2. The zero-order valence-electron chi connectivity index (χ0n) is 17.9. The second-order valence-corrected chi connectivity index (χ2v) is 7.98. The summed E-state index contributed by atoms with van der Waals surface area (Å²) in [7, 11) is 0. The average molecular weight is 389 g/mol. The number of carbonyl (C=O) groups is 1. The predicted octanol–water partition coefficient (Wildman–Crippen LogP) is 5.94. The summed E-state index contributed by atoms with van der Waals surface area (Å²) < 4.78 is 0. The van der Waals surface area contributed by atoms with Crippen LogP contribution in [0.25, 0.3) is 0 Å². The van der Waals surface area contributed by atoms with Gasteiger partial charge in [0, 0.05) is 11.5 Å². The molecular weight excluding hydrogens is 360 g/mol. The Balaban J connectivity index is 2.37. The number of hydrogen-bond acceptors (Lipinski definition) is 3. The summed E-state index contributed by atoms with van der Waals surface area (Å²) in [6.45, 7) is 11.8. The van der Waals surface area contributed by atoms with Crippen molar-refractivity contribution >= 4 is 6.29 Å². The molecule has 0 atom stereocenters. The molecule has 3 nitrogen and oxygen atoms in total. The molecule has 150 valence electrons. The fraction of sp³-hybridized carbons (Fsp3) is 0.269. The summed E-state index contributed by atoms with van der Waals surface area (Å²) in [5, 5.41) is 20.8. The minimum atomic E-state index is -0.0771. The van der Waals surface area contributed by atoms with Gasteiger partial charge >= 0.3 is 0 Å². The van der Waals surface area contributed by atoms with Crippen LogP contribution in [0.2, 0.25) is 0 Å². The minimum absolute atomic E-state index is 0.0771. The molecule has 29 heavy (non-hydrogen) atoms. The van der Waals surface area contributed by atoms with Crippen molar-refractivity contribution in [1.29, 1.82) is 0 Å². The zero-order chi connectivity index (χ0) is 21.5. The van der Waals surface area contributed by atoms with E-state index in [-0.39, 0.29) is 5.92 Å². The van der Waals surface area contributed by atoms with Crippen molar-refractivity contribution in [3.05, 3.63) is 92.0 Å². The number of phenolic OH excluding ortho intramolecular Hbond substituents is 2. The monoisotopic (exact) mass is 388 g/mol. The Morgan fingerprint density at radius 3 is 1.48 bits per heavy atom. The van der Waals surface area contributed by atoms with Crippen LogP contribution in [0.4, 0.5) is 0 Å². The molecule has 0 bridgehead atoms. The van der Waals surface area contributed by atoms with E-state index < -0.39 is 0 Å². The van der Waals surface area contributed by atoms with Crippen molar-refractivity contribution in [1.82, 2.24) is 0 Å². The summed E-state index contributed by atoms with van der Waals surface area (Å²) in [6, 6.07) is 11.7. The highest BCUT2D eigenvalue weighted by atomic mass is 16.3. The summed E-state index contributed by atoms with van der Waals surface area (Å²) >= 11 is 0. The van der Waals surface area contributed by atoms with Gasteiger partial charge in [-0.25, -0.2) is 0 Å². The maximum Gasteiger partial charge on any atom is 0.150 e. The minimum Gasteiger partial charge on any atom is -0.507 e. The lowest BCUT2D eigenvalue weighted by Crippen LogP contribution is -2.10. The van der Waals surface area contributed by atoms with Gasteiger partial charge in [0.05, 0.1) is 0 Å². The van der Waals surface area contributed by atoms with Gasteiger partial charge in [0.25, 0.3) is 0 Å². The molecule has 0 spiro atoms. The molecule has 3 aromatic rings. The van der Waals surface area contributed by atoms with E-state index >= 15 is 0 Å². The highest BCUT2D eigenvalue weighted by molar-refractivity contribution is 5.75. The molecule has 0 unspecified atom stereocenters. The highest BCUT2D eigenvalue weighted by Crippen LogP contribution is 2.42. The normalized spacial score (nSPS) is 11.1. The third kappa shape index (κ3) is 3.53. The topological polar surface area (TPSA) is 57.5 Å². The molecule has 0 aliphatic heterocycles. The van der Waals surface area contributed by atoms with E-state index in [2.05, 4.69) is 0 Å². The fourth-order valence-electron chi connectivity index (χ4n) is 4.09. The van der Waals surface area contributed by atoms with Gasteiger partial charge in [-0.1, -0.05) is 36.4 Å². The van der Waals surface area contributed by atoms with Crippen molar-refractivity contribution in [2.75, 3.05) is 0 Å². The van der Waals surface area contributed by atoms with Gasteiger partial charge in [-0.3, -0.25) is 4.79 Å². The van der Waals surface area contributed by atoms with Crippen LogP contribution in [0, 0.1) is 41.5 Å². The van der Waals surface area contributed by atoms with E-state index in [9.17, 15) is 15.0 Å². The van der Waals surface area contributed by atoms with E-state index in [4.69, 9.17) is 0 Å². The summed E-state index contributed by atoms with van der Waals surface area (Å²) in [5.41, 5.74) is 9.44. The standard InChI is InChI=1S/C26H28O3/c1-14-11-22(16(3)18(5)25(14)28)24(21-9-7-20(13-27)8-10-21)23-12-15(2)26(29)19(6)17(23)4/h7-13,24,28-29H,1-6H3. The van der Waals surface area contributed by atoms with E-state index in [1.807, 2.05) is 77.9 Å². The van der Waals surface area contributed by atoms with Gasteiger partial charge in [0.15, 0.2) is 0 Å². The van der Waals surface area contributed by atoms with E-state index in [1.54, 1.807) is 0 Å². The smallest absolute Gasteiger partial charge is 0.150 e. The second-order valence-electron chi connectivity index (χ2n) is 7.98. The number of aryl methyl sites for hydroxylation is 2. The third-order valence-corrected chi connectivity index (χ3v) is 6.22. The van der Waals surface area contributed by atoms with E-state index in [1.165, 1.54) is 0 Å². The van der Waals surface area contributed by atoms with Crippen LogP contribution < -0.4 is 0 Å². The first-order valence-electron chi connectivity index (χ1n) is 9.81. The molecule has 3 rings (SSSR count). The number of rotatable bonds is 4. The van der Waals surface area contributed by atoms with Crippen molar-refractivity contribution in [2.45, 2.75) is 47.5 Å². The van der Waals surface area contributed by atoms with Crippen LogP contribution in [-0.4, -0.2) is 16.5 Å². The molecule has 0 aliphatic rings.